The number of pyridine rings is 2. The molecule has 5 rings (SSSR count). The van der Waals surface area contributed by atoms with Gasteiger partial charge in [-0.15, -0.1) is 11.3 Å². The number of nitrogens with one attached hydrogen (secondary N) is 1. The number of rotatable bonds is 7. The molecule has 1 aliphatic heterocycles. The second-order valence-corrected chi connectivity index (χ2v) is 9.84. The summed E-state index contributed by atoms with van der Waals surface area (Å²) in [5, 5.41) is 16.4. The highest BCUT2D eigenvalue weighted by atomic mass is 32.1. The molecule has 1 fully saturated rings. The van der Waals surface area contributed by atoms with E-state index < -0.39 is 6.10 Å². The van der Waals surface area contributed by atoms with Crippen LogP contribution >= 0.6 is 11.3 Å². The standard InChI is InChI=1S/C26H31N5OS/c1-2-6-18-15-22(30-26-23(18)20-9-12-28-25(27)24(20)33-26)31-13-10-19(11-14-31)29-16-21(32)17-7-4-3-5-8-17/h3-5,7-9,12,15,19,21,29,32H,2,6,10-11,13-14,16H2,1H3,(H2,27,28)/t21-/m1/s1. The summed E-state index contributed by atoms with van der Waals surface area (Å²) < 4.78 is 1.04. The molecule has 0 bridgehead atoms. The summed E-state index contributed by atoms with van der Waals surface area (Å²) in [6.07, 6.45) is 5.50. The molecule has 0 radical (unpaired) electrons. The van der Waals surface area contributed by atoms with E-state index in [0.717, 1.165) is 59.7 Å². The smallest absolute Gasteiger partial charge is 0.141 e. The third kappa shape index (κ3) is 4.53. The Morgan fingerprint density at radius 3 is 2.76 bits per heavy atom. The lowest BCUT2D eigenvalue weighted by Gasteiger charge is -2.34. The van der Waals surface area contributed by atoms with Crippen molar-refractivity contribution in [1.82, 2.24) is 15.3 Å². The molecule has 3 aromatic heterocycles. The minimum atomic E-state index is -0.472. The van der Waals surface area contributed by atoms with Gasteiger partial charge in [-0.05, 0) is 42.5 Å². The van der Waals surface area contributed by atoms with Crippen LogP contribution in [0.1, 0.15) is 43.4 Å². The summed E-state index contributed by atoms with van der Waals surface area (Å²) in [6.45, 7) is 4.71. The average molecular weight is 462 g/mol. The molecule has 1 aliphatic rings. The summed E-state index contributed by atoms with van der Waals surface area (Å²) >= 11 is 1.65. The molecule has 1 aromatic carbocycles. The van der Waals surface area contributed by atoms with Crippen LogP contribution in [0, 0.1) is 0 Å². The first-order valence-corrected chi connectivity index (χ1v) is 12.6. The van der Waals surface area contributed by atoms with Crippen LogP contribution in [0.3, 0.4) is 0 Å². The molecule has 4 aromatic rings. The number of nitrogens with zero attached hydrogens (tertiary/aromatic N) is 3. The minimum Gasteiger partial charge on any atom is -0.387 e. The number of fused-ring (bicyclic) bond motifs is 3. The van der Waals surface area contributed by atoms with Gasteiger partial charge in [-0.2, -0.15) is 0 Å². The topological polar surface area (TPSA) is 87.3 Å². The van der Waals surface area contributed by atoms with E-state index in [-0.39, 0.29) is 0 Å². The number of aliphatic hydroxyl groups is 1. The molecule has 4 N–H and O–H groups in total. The Balaban J connectivity index is 1.30. The van der Waals surface area contributed by atoms with Crippen LogP contribution in [-0.2, 0) is 6.42 Å². The molecule has 33 heavy (non-hydrogen) atoms. The van der Waals surface area contributed by atoms with Crippen LogP contribution < -0.4 is 16.0 Å². The van der Waals surface area contributed by atoms with Gasteiger partial charge in [-0.3, -0.25) is 0 Å². The zero-order chi connectivity index (χ0) is 22.8. The number of benzene rings is 1. The van der Waals surface area contributed by atoms with E-state index in [2.05, 4.69) is 34.3 Å². The summed E-state index contributed by atoms with van der Waals surface area (Å²) in [5.74, 6) is 1.65. The largest absolute Gasteiger partial charge is 0.387 e. The van der Waals surface area contributed by atoms with Gasteiger partial charge in [0.2, 0.25) is 0 Å². The lowest BCUT2D eigenvalue weighted by atomic mass is 10.0. The molecule has 7 heteroatoms. The van der Waals surface area contributed by atoms with Crippen molar-refractivity contribution in [2.24, 2.45) is 0 Å². The van der Waals surface area contributed by atoms with Gasteiger partial charge in [0, 0.05) is 42.6 Å². The molecule has 0 saturated carbocycles. The Kier molecular flexibility index (Phi) is 6.44. The Morgan fingerprint density at radius 2 is 2.00 bits per heavy atom. The summed E-state index contributed by atoms with van der Waals surface area (Å²) in [6, 6.07) is 14.6. The third-order valence-electron chi connectivity index (χ3n) is 6.58. The van der Waals surface area contributed by atoms with Gasteiger partial charge in [-0.1, -0.05) is 43.7 Å². The van der Waals surface area contributed by atoms with Crippen molar-refractivity contribution in [2.45, 2.75) is 44.8 Å². The van der Waals surface area contributed by atoms with E-state index in [0.29, 0.717) is 18.4 Å². The molecule has 0 spiro atoms. The molecule has 4 heterocycles. The van der Waals surface area contributed by atoms with Crippen LogP contribution in [0.5, 0.6) is 0 Å². The second-order valence-electron chi connectivity index (χ2n) is 8.84. The highest BCUT2D eigenvalue weighted by Crippen LogP contribution is 2.39. The number of anilines is 2. The maximum Gasteiger partial charge on any atom is 0.141 e. The number of aryl methyl sites for hydroxylation is 1. The van der Waals surface area contributed by atoms with Crippen molar-refractivity contribution in [2.75, 3.05) is 30.3 Å². The maximum absolute atomic E-state index is 10.4. The average Bonchev–Trinajstić information content (AvgIpc) is 3.24. The van der Waals surface area contributed by atoms with Gasteiger partial charge in [0.25, 0.3) is 0 Å². The van der Waals surface area contributed by atoms with E-state index >= 15 is 0 Å². The molecule has 1 saturated heterocycles. The Bertz CT molecular complexity index is 1230. The summed E-state index contributed by atoms with van der Waals surface area (Å²) in [5.41, 5.74) is 8.47. The number of piperidine rings is 1. The van der Waals surface area contributed by atoms with Crippen molar-refractivity contribution in [3.63, 3.8) is 0 Å². The van der Waals surface area contributed by atoms with E-state index in [1.807, 2.05) is 30.3 Å². The fourth-order valence-electron chi connectivity index (χ4n) is 4.80. The van der Waals surface area contributed by atoms with E-state index in [9.17, 15) is 5.11 Å². The molecular weight excluding hydrogens is 430 g/mol. The molecule has 1 atom stereocenters. The third-order valence-corrected chi connectivity index (χ3v) is 7.70. The predicted molar refractivity (Wildman–Crippen MR) is 138 cm³/mol. The number of aliphatic hydroxyl groups excluding tert-OH is 1. The van der Waals surface area contributed by atoms with Crippen molar-refractivity contribution in [3.8, 4) is 0 Å². The normalized spacial score (nSPS) is 16.0. The Hall–Kier alpha value is -2.74. The lowest BCUT2D eigenvalue weighted by molar-refractivity contribution is 0.167. The van der Waals surface area contributed by atoms with Crippen LogP contribution in [0.2, 0.25) is 0 Å². The van der Waals surface area contributed by atoms with Crippen LogP contribution in [0.4, 0.5) is 11.6 Å². The number of thiophene rings is 1. The molecule has 0 amide bonds. The summed E-state index contributed by atoms with van der Waals surface area (Å²) in [7, 11) is 0. The van der Waals surface area contributed by atoms with Gasteiger partial charge in [0.05, 0.1) is 10.8 Å². The molecule has 0 unspecified atom stereocenters. The fourth-order valence-corrected chi connectivity index (χ4v) is 5.91. The van der Waals surface area contributed by atoms with Crippen molar-refractivity contribution < 1.29 is 5.11 Å². The number of nitrogens with two attached hydrogens (primary N) is 1. The first kappa shape index (κ1) is 22.1. The van der Waals surface area contributed by atoms with E-state index in [4.69, 9.17) is 10.7 Å². The van der Waals surface area contributed by atoms with Crippen LogP contribution in [0.25, 0.3) is 20.3 Å². The van der Waals surface area contributed by atoms with Crippen LogP contribution in [0.15, 0.2) is 48.7 Å². The number of nitrogen functional groups attached to an aromatic ring is 1. The zero-order valence-corrected chi connectivity index (χ0v) is 19.8. The maximum atomic E-state index is 10.4. The van der Waals surface area contributed by atoms with E-state index in [1.54, 1.807) is 17.5 Å². The highest BCUT2D eigenvalue weighted by Gasteiger charge is 2.23. The molecule has 6 nitrogen and oxygen atoms in total. The van der Waals surface area contributed by atoms with Crippen molar-refractivity contribution in [1.29, 1.82) is 0 Å². The zero-order valence-electron chi connectivity index (χ0n) is 19.0. The van der Waals surface area contributed by atoms with Crippen LogP contribution in [-0.4, -0.2) is 40.8 Å². The monoisotopic (exact) mass is 461 g/mol. The van der Waals surface area contributed by atoms with Gasteiger partial charge < -0.3 is 21.1 Å². The summed E-state index contributed by atoms with van der Waals surface area (Å²) in [4.78, 5) is 12.8. The molecule has 172 valence electrons. The van der Waals surface area contributed by atoms with Gasteiger partial charge in [-0.25, -0.2) is 9.97 Å². The fraction of sp³-hybridized carbons (Fsp3) is 0.385. The quantitative estimate of drug-likeness (QED) is 0.371. The predicted octanol–water partition coefficient (Wildman–Crippen LogP) is 4.67. The number of hydrogen-bond donors (Lipinski definition) is 3. The number of hydrogen-bond acceptors (Lipinski definition) is 7. The first-order valence-electron chi connectivity index (χ1n) is 11.8. The second kappa shape index (κ2) is 9.63. The Labute approximate surface area is 198 Å². The van der Waals surface area contributed by atoms with Gasteiger partial charge >= 0.3 is 0 Å². The lowest BCUT2D eigenvalue weighted by Crippen LogP contribution is -2.44. The SMILES string of the molecule is CCCc1cc(N2CCC(NC[C@@H](O)c3ccccc3)CC2)nc2sc3c(N)nccc3c12. The van der Waals surface area contributed by atoms with Gasteiger partial charge in [0.1, 0.15) is 16.5 Å². The van der Waals surface area contributed by atoms with Crippen molar-refractivity contribution in [3.05, 3.63) is 59.8 Å². The highest BCUT2D eigenvalue weighted by molar-refractivity contribution is 7.26. The Morgan fingerprint density at radius 1 is 1.21 bits per heavy atom. The molecule has 0 aliphatic carbocycles. The minimum absolute atomic E-state index is 0.411. The van der Waals surface area contributed by atoms with Gasteiger partial charge in [0.15, 0.2) is 0 Å². The number of aromatic nitrogens is 2. The first-order chi connectivity index (χ1) is 16.1. The molecular formula is C26H31N5OS. The van der Waals surface area contributed by atoms with Crippen molar-refractivity contribution >= 4 is 43.3 Å². The van der Waals surface area contributed by atoms with E-state index in [1.165, 1.54) is 16.3 Å².